The van der Waals surface area contributed by atoms with Crippen molar-refractivity contribution in [3.8, 4) is 11.3 Å². The van der Waals surface area contributed by atoms with Crippen molar-refractivity contribution in [2.45, 2.75) is 6.54 Å². The van der Waals surface area contributed by atoms with Crippen LogP contribution in [-0.4, -0.2) is 10.2 Å². The lowest BCUT2D eigenvalue weighted by Gasteiger charge is -2.08. The molecule has 0 aliphatic carbocycles. The van der Waals surface area contributed by atoms with Crippen molar-refractivity contribution >= 4 is 21.6 Å². The minimum Gasteiger partial charge on any atom is -0.381 e. The molecule has 0 unspecified atom stereocenters. The van der Waals surface area contributed by atoms with Crippen LogP contribution >= 0.6 is 15.9 Å². The van der Waals surface area contributed by atoms with Gasteiger partial charge in [0.2, 0.25) is 0 Å². The minimum absolute atomic E-state index is 0.796. The van der Waals surface area contributed by atoms with Gasteiger partial charge in [0.1, 0.15) is 0 Å². The molecule has 0 fully saturated rings. The fourth-order valence-electron chi connectivity index (χ4n) is 2.02. The molecule has 1 aromatic heterocycles. The molecule has 20 heavy (non-hydrogen) atoms. The van der Waals surface area contributed by atoms with Gasteiger partial charge >= 0.3 is 0 Å². The van der Waals surface area contributed by atoms with E-state index in [0.29, 0.717) is 0 Å². The Hall–Kier alpha value is -2.07. The standard InChI is InChI=1S/C16H14BrN3/c17-15-4-2-1-3-13(15)11-18-14-7-5-12(6-8-14)16-9-10-19-20-16/h1-10,18H,11H2,(H,19,20). The average molecular weight is 328 g/mol. The molecule has 0 saturated heterocycles. The molecule has 0 aliphatic heterocycles. The molecule has 3 aromatic rings. The number of benzene rings is 2. The van der Waals surface area contributed by atoms with Crippen molar-refractivity contribution in [1.29, 1.82) is 0 Å². The Morgan fingerprint density at radius 1 is 1.00 bits per heavy atom. The van der Waals surface area contributed by atoms with Crippen LogP contribution in [0.1, 0.15) is 5.56 Å². The Balaban J connectivity index is 1.68. The molecule has 0 bridgehead atoms. The number of nitrogens with zero attached hydrogens (tertiary/aromatic N) is 1. The molecule has 0 atom stereocenters. The summed E-state index contributed by atoms with van der Waals surface area (Å²) in [6.07, 6.45) is 1.76. The lowest BCUT2D eigenvalue weighted by molar-refractivity contribution is 1.09. The van der Waals surface area contributed by atoms with E-state index in [0.717, 1.165) is 28.0 Å². The third kappa shape index (κ3) is 2.91. The molecular formula is C16H14BrN3. The van der Waals surface area contributed by atoms with Crippen molar-refractivity contribution in [2.75, 3.05) is 5.32 Å². The summed E-state index contributed by atoms with van der Waals surface area (Å²) < 4.78 is 1.13. The third-order valence-corrected chi connectivity index (χ3v) is 3.91. The highest BCUT2D eigenvalue weighted by Crippen LogP contribution is 2.21. The summed E-state index contributed by atoms with van der Waals surface area (Å²) in [5, 5.41) is 10.3. The molecular weight excluding hydrogens is 314 g/mol. The van der Waals surface area contributed by atoms with E-state index in [2.05, 4.69) is 67.8 Å². The van der Waals surface area contributed by atoms with Crippen LogP contribution in [0, 0.1) is 0 Å². The number of hydrogen-bond acceptors (Lipinski definition) is 2. The smallest absolute Gasteiger partial charge is 0.0650 e. The summed E-state index contributed by atoms with van der Waals surface area (Å²) in [7, 11) is 0. The monoisotopic (exact) mass is 327 g/mol. The molecule has 0 radical (unpaired) electrons. The lowest BCUT2D eigenvalue weighted by Crippen LogP contribution is -1.99. The van der Waals surface area contributed by atoms with Crippen LogP contribution in [0.3, 0.4) is 0 Å². The van der Waals surface area contributed by atoms with Crippen LogP contribution in [0.4, 0.5) is 5.69 Å². The number of nitrogens with one attached hydrogen (secondary N) is 2. The second-order valence-corrected chi connectivity index (χ2v) is 5.35. The predicted octanol–water partition coefficient (Wildman–Crippen LogP) is 4.45. The van der Waals surface area contributed by atoms with Gasteiger partial charge in [0.15, 0.2) is 0 Å². The summed E-state index contributed by atoms with van der Waals surface area (Å²) >= 11 is 3.56. The largest absolute Gasteiger partial charge is 0.381 e. The van der Waals surface area contributed by atoms with E-state index in [1.165, 1.54) is 5.56 Å². The Kier molecular flexibility index (Phi) is 3.83. The molecule has 1 heterocycles. The molecule has 2 aromatic carbocycles. The van der Waals surface area contributed by atoms with Gasteiger partial charge in [-0.25, -0.2) is 0 Å². The summed E-state index contributed by atoms with van der Waals surface area (Å²) in [6.45, 7) is 0.796. The molecule has 4 heteroatoms. The second-order valence-electron chi connectivity index (χ2n) is 4.49. The van der Waals surface area contributed by atoms with Crippen molar-refractivity contribution in [2.24, 2.45) is 0 Å². The fraction of sp³-hybridized carbons (Fsp3) is 0.0625. The van der Waals surface area contributed by atoms with Crippen LogP contribution in [0.15, 0.2) is 65.3 Å². The number of hydrogen-bond donors (Lipinski definition) is 2. The van der Waals surface area contributed by atoms with Crippen LogP contribution in [0.2, 0.25) is 0 Å². The molecule has 0 amide bonds. The zero-order chi connectivity index (χ0) is 13.8. The molecule has 100 valence electrons. The zero-order valence-electron chi connectivity index (χ0n) is 10.8. The molecule has 2 N–H and O–H groups in total. The fourth-order valence-corrected chi connectivity index (χ4v) is 2.45. The Labute approximate surface area is 126 Å². The van der Waals surface area contributed by atoms with Gasteiger partial charge in [-0.2, -0.15) is 5.10 Å². The lowest BCUT2D eigenvalue weighted by atomic mass is 10.1. The third-order valence-electron chi connectivity index (χ3n) is 3.14. The highest BCUT2D eigenvalue weighted by molar-refractivity contribution is 9.10. The Morgan fingerprint density at radius 2 is 1.80 bits per heavy atom. The van der Waals surface area contributed by atoms with Crippen LogP contribution in [0.5, 0.6) is 0 Å². The van der Waals surface area contributed by atoms with Gasteiger partial charge in [0, 0.05) is 22.9 Å². The normalized spacial score (nSPS) is 10.4. The number of H-pyrrole nitrogens is 1. The van der Waals surface area contributed by atoms with Gasteiger partial charge in [-0.05, 0) is 35.4 Å². The van der Waals surface area contributed by atoms with Crippen molar-refractivity contribution < 1.29 is 0 Å². The SMILES string of the molecule is Brc1ccccc1CNc1ccc(-c2ccn[nH]2)cc1. The summed E-state index contributed by atoms with van der Waals surface area (Å²) in [4.78, 5) is 0. The first-order chi connectivity index (χ1) is 9.83. The van der Waals surface area contributed by atoms with Gasteiger partial charge < -0.3 is 5.32 Å². The minimum atomic E-state index is 0.796. The maximum absolute atomic E-state index is 3.96. The summed E-state index contributed by atoms with van der Waals surface area (Å²) in [6, 6.07) is 18.5. The topological polar surface area (TPSA) is 40.7 Å². The summed E-state index contributed by atoms with van der Waals surface area (Å²) in [5.41, 5.74) is 4.51. The second kappa shape index (κ2) is 5.92. The highest BCUT2D eigenvalue weighted by Gasteiger charge is 2.00. The number of aromatic amines is 1. The number of anilines is 1. The number of rotatable bonds is 4. The van der Waals surface area contributed by atoms with E-state index < -0.39 is 0 Å². The maximum atomic E-state index is 3.96. The van der Waals surface area contributed by atoms with Gasteiger partial charge in [0.05, 0.1) is 5.69 Å². The zero-order valence-corrected chi connectivity index (χ0v) is 12.4. The van der Waals surface area contributed by atoms with Gasteiger partial charge in [-0.3, -0.25) is 5.10 Å². The van der Waals surface area contributed by atoms with Crippen molar-refractivity contribution in [3.05, 3.63) is 70.8 Å². The van der Waals surface area contributed by atoms with E-state index in [-0.39, 0.29) is 0 Å². The summed E-state index contributed by atoms with van der Waals surface area (Å²) in [5.74, 6) is 0. The molecule has 3 nitrogen and oxygen atoms in total. The van der Waals surface area contributed by atoms with E-state index in [9.17, 15) is 0 Å². The number of halogens is 1. The quantitative estimate of drug-likeness (QED) is 0.743. The highest BCUT2D eigenvalue weighted by atomic mass is 79.9. The Morgan fingerprint density at radius 3 is 2.50 bits per heavy atom. The van der Waals surface area contributed by atoms with E-state index in [4.69, 9.17) is 0 Å². The van der Waals surface area contributed by atoms with Gasteiger partial charge in [0.25, 0.3) is 0 Å². The van der Waals surface area contributed by atoms with Crippen LogP contribution in [0.25, 0.3) is 11.3 Å². The van der Waals surface area contributed by atoms with E-state index in [1.807, 2.05) is 18.2 Å². The van der Waals surface area contributed by atoms with Crippen LogP contribution < -0.4 is 5.32 Å². The van der Waals surface area contributed by atoms with E-state index >= 15 is 0 Å². The molecule has 0 saturated carbocycles. The maximum Gasteiger partial charge on any atom is 0.0650 e. The molecule has 0 spiro atoms. The van der Waals surface area contributed by atoms with Gasteiger partial charge in [-0.15, -0.1) is 0 Å². The first-order valence-corrected chi connectivity index (χ1v) is 7.19. The van der Waals surface area contributed by atoms with Crippen molar-refractivity contribution in [1.82, 2.24) is 10.2 Å². The van der Waals surface area contributed by atoms with Crippen molar-refractivity contribution in [3.63, 3.8) is 0 Å². The Bertz CT molecular complexity index is 675. The molecule has 3 rings (SSSR count). The predicted molar refractivity (Wildman–Crippen MR) is 85.5 cm³/mol. The first kappa shape index (κ1) is 12.9. The van der Waals surface area contributed by atoms with Gasteiger partial charge in [-0.1, -0.05) is 46.3 Å². The van der Waals surface area contributed by atoms with E-state index in [1.54, 1.807) is 6.20 Å². The van der Waals surface area contributed by atoms with Crippen LogP contribution in [-0.2, 0) is 6.54 Å². The first-order valence-electron chi connectivity index (χ1n) is 6.40. The average Bonchev–Trinajstić information content (AvgIpc) is 3.01. The molecule has 0 aliphatic rings. The number of aromatic nitrogens is 2.